The third kappa shape index (κ3) is 3.57. The average molecular weight is 501 g/mol. The third-order valence-electron chi connectivity index (χ3n) is 7.83. The SMILES string of the molecule is C1=C[C@H]2C=Cc3ccc(-n4c5ccc(-c6ccc(-c7ccccc7)cc6)cc5c5cccnc54)nc3C2N=C1. The lowest BCUT2D eigenvalue weighted by molar-refractivity contribution is 0.593. The molecule has 0 saturated carbocycles. The summed E-state index contributed by atoms with van der Waals surface area (Å²) < 4.78 is 2.18. The number of hydrogen-bond donors (Lipinski definition) is 0. The van der Waals surface area contributed by atoms with Gasteiger partial charge >= 0.3 is 0 Å². The highest BCUT2D eigenvalue weighted by Crippen LogP contribution is 2.38. The number of hydrogen-bond acceptors (Lipinski definition) is 3. The molecule has 6 aromatic rings. The Morgan fingerprint density at radius 3 is 2.33 bits per heavy atom. The summed E-state index contributed by atoms with van der Waals surface area (Å²) in [5.74, 6) is 1.11. The van der Waals surface area contributed by atoms with E-state index in [2.05, 4.69) is 108 Å². The Morgan fingerprint density at radius 1 is 0.667 bits per heavy atom. The van der Waals surface area contributed by atoms with Gasteiger partial charge in [-0.2, -0.15) is 0 Å². The summed E-state index contributed by atoms with van der Waals surface area (Å²) >= 11 is 0. The van der Waals surface area contributed by atoms with E-state index in [0.717, 1.165) is 33.6 Å². The van der Waals surface area contributed by atoms with Crippen LogP contribution in [0.3, 0.4) is 0 Å². The highest BCUT2D eigenvalue weighted by Gasteiger charge is 2.27. The molecular weight excluding hydrogens is 476 g/mol. The fraction of sp³-hybridized carbons (Fsp3) is 0.0571. The Bertz CT molecular complexity index is 1960. The van der Waals surface area contributed by atoms with Crippen LogP contribution >= 0.6 is 0 Å². The van der Waals surface area contributed by atoms with Crippen molar-refractivity contribution in [1.29, 1.82) is 0 Å². The molecular formula is C35H24N4. The third-order valence-corrected chi connectivity index (χ3v) is 7.83. The molecule has 8 rings (SSSR count). The Hall–Kier alpha value is -5.09. The minimum absolute atomic E-state index is 0.0152. The highest BCUT2D eigenvalue weighted by molar-refractivity contribution is 6.09. The highest BCUT2D eigenvalue weighted by atomic mass is 15.1. The minimum Gasteiger partial charge on any atom is -0.282 e. The molecule has 0 bridgehead atoms. The molecule has 39 heavy (non-hydrogen) atoms. The summed E-state index contributed by atoms with van der Waals surface area (Å²) in [6, 6.07) is 34.4. The van der Waals surface area contributed by atoms with Gasteiger partial charge in [-0.15, -0.1) is 0 Å². The van der Waals surface area contributed by atoms with Crippen LogP contribution in [-0.2, 0) is 0 Å². The summed E-state index contributed by atoms with van der Waals surface area (Å²) in [6.07, 6.45) is 12.3. The number of pyridine rings is 2. The number of allylic oxidation sites excluding steroid dienone is 1. The summed E-state index contributed by atoms with van der Waals surface area (Å²) in [5, 5.41) is 2.28. The molecule has 3 aromatic heterocycles. The molecule has 0 N–H and O–H groups in total. The van der Waals surface area contributed by atoms with Crippen LogP contribution < -0.4 is 0 Å². The van der Waals surface area contributed by atoms with Crippen molar-refractivity contribution in [3.05, 3.63) is 133 Å². The maximum Gasteiger partial charge on any atom is 0.146 e. The van der Waals surface area contributed by atoms with Gasteiger partial charge in [-0.3, -0.25) is 9.56 Å². The Morgan fingerprint density at radius 2 is 1.46 bits per heavy atom. The molecule has 1 aliphatic carbocycles. The van der Waals surface area contributed by atoms with Crippen molar-refractivity contribution < 1.29 is 0 Å². The second-order valence-corrected chi connectivity index (χ2v) is 10.1. The van der Waals surface area contributed by atoms with E-state index >= 15 is 0 Å². The summed E-state index contributed by atoms with van der Waals surface area (Å²) in [4.78, 5) is 14.7. The van der Waals surface area contributed by atoms with Crippen LogP contribution in [-0.4, -0.2) is 20.7 Å². The van der Waals surface area contributed by atoms with Crippen molar-refractivity contribution in [1.82, 2.24) is 14.5 Å². The van der Waals surface area contributed by atoms with E-state index in [4.69, 9.17) is 15.0 Å². The van der Waals surface area contributed by atoms with E-state index in [0.29, 0.717) is 0 Å². The van der Waals surface area contributed by atoms with Gasteiger partial charge < -0.3 is 0 Å². The first-order valence-electron chi connectivity index (χ1n) is 13.3. The maximum atomic E-state index is 5.18. The van der Waals surface area contributed by atoms with E-state index < -0.39 is 0 Å². The topological polar surface area (TPSA) is 43.1 Å². The maximum absolute atomic E-state index is 5.18. The fourth-order valence-corrected chi connectivity index (χ4v) is 5.88. The number of aliphatic imine (C=N–C) groups is 1. The molecule has 0 amide bonds. The van der Waals surface area contributed by atoms with E-state index in [-0.39, 0.29) is 12.0 Å². The lowest BCUT2D eigenvalue weighted by Crippen LogP contribution is -2.17. The molecule has 4 heterocycles. The molecule has 0 spiro atoms. The average Bonchev–Trinajstić information content (AvgIpc) is 3.35. The molecule has 4 heteroatoms. The number of nitrogens with zero attached hydrogens (tertiary/aromatic N) is 4. The monoisotopic (exact) mass is 500 g/mol. The molecule has 2 atom stereocenters. The van der Waals surface area contributed by atoms with Crippen LogP contribution in [0.25, 0.3) is 56.1 Å². The molecule has 184 valence electrons. The summed E-state index contributed by atoms with van der Waals surface area (Å²) in [5.41, 5.74) is 8.96. The number of aromatic nitrogens is 3. The molecule has 4 nitrogen and oxygen atoms in total. The first kappa shape index (κ1) is 21.9. The zero-order valence-corrected chi connectivity index (χ0v) is 21.1. The molecule has 2 aliphatic rings. The lowest BCUT2D eigenvalue weighted by atomic mass is 9.87. The predicted octanol–water partition coefficient (Wildman–Crippen LogP) is 8.23. The number of fused-ring (bicyclic) bond motifs is 6. The van der Waals surface area contributed by atoms with Gasteiger partial charge in [0.2, 0.25) is 0 Å². The van der Waals surface area contributed by atoms with Gasteiger partial charge in [0.15, 0.2) is 0 Å². The zero-order chi connectivity index (χ0) is 25.8. The van der Waals surface area contributed by atoms with Gasteiger partial charge in [-0.05, 0) is 70.3 Å². The van der Waals surface area contributed by atoms with Crippen molar-refractivity contribution in [3.8, 4) is 28.1 Å². The van der Waals surface area contributed by atoms with Crippen LogP contribution in [0.15, 0.2) is 126 Å². The second-order valence-electron chi connectivity index (χ2n) is 10.1. The van der Waals surface area contributed by atoms with Crippen molar-refractivity contribution in [3.63, 3.8) is 0 Å². The van der Waals surface area contributed by atoms with E-state index in [1.165, 1.54) is 27.6 Å². The van der Waals surface area contributed by atoms with Crippen LogP contribution in [0, 0.1) is 5.92 Å². The van der Waals surface area contributed by atoms with Gasteiger partial charge in [-0.25, -0.2) is 9.97 Å². The first-order chi connectivity index (χ1) is 19.3. The second kappa shape index (κ2) is 8.74. The number of dihydropyridines is 1. The lowest BCUT2D eigenvalue weighted by Gasteiger charge is -2.26. The van der Waals surface area contributed by atoms with Crippen molar-refractivity contribution in [2.75, 3.05) is 0 Å². The van der Waals surface area contributed by atoms with E-state index in [1.807, 2.05) is 30.6 Å². The standard InChI is InChI=1S/C35H24N4/c1-2-6-23(7-3-1)24-10-12-25(13-11-24)28-16-18-31-30(22-28)29-9-5-21-37-35(29)39(31)32-19-17-27-15-14-26-8-4-20-36-33(26)34(27)38-32/h1-22,26,33H/t26-,33?/m0/s1. The minimum atomic E-state index is 0.0152. The Balaban J connectivity index is 1.26. The first-order valence-corrected chi connectivity index (χ1v) is 13.3. The molecule has 0 saturated heterocycles. The van der Waals surface area contributed by atoms with Gasteiger partial charge in [0, 0.05) is 29.1 Å². The predicted molar refractivity (Wildman–Crippen MR) is 160 cm³/mol. The molecule has 0 fully saturated rings. The van der Waals surface area contributed by atoms with Gasteiger partial charge in [0.05, 0.1) is 11.2 Å². The van der Waals surface area contributed by atoms with Crippen molar-refractivity contribution in [2.45, 2.75) is 6.04 Å². The van der Waals surface area contributed by atoms with Crippen molar-refractivity contribution in [2.24, 2.45) is 10.9 Å². The van der Waals surface area contributed by atoms with Crippen molar-refractivity contribution >= 4 is 34.2 Å². The van der Waals surface area contributed by atoms with E-state index in [1.54, 1.807) is 0 Å². The quantitative estimate of drug-likeness (QED) is 0.246. The summed E-state index contributed by atoms with van der Waals surface area (Å²) in [6.45, 7) is 0. The summed E-state index contributed by atoms with van der Waals surface area (Å²) in [7, 11) is 0. The zero-order valence-electron chi connectivity index (χ0n) is 21.1. The number of benzene rings is 3. The molecule has 1 aliphatic heterocycles. The van der Waals surface area contributed by atoms with Crippen LogP contribution in [0.4, 0.5) is 0 Å². The Labute approximate surface area is 226 Å². The van der Waals surface area contributed by atoms with Crippen LogP contribution in [0.1, 0.15) is 17.3 Å². The largest absolute Gasteiger partial charge is 0.282 e. The van der Waals surface area contributed by atoms with E-state index in [9.17, 15) is 0 Å². The van der Waals surface area contributed by atoms with Crippen LogP contribution in [0.2, 0.25) is 0 Å². The smallest absolute Gasteiger partial charge is 0.146 e. The van der Waals surface area contributed by atoms with Crippen LogP contribution in [0.5, 0.6) is 0 Å². The van der Waals surface area contributed by atoms with Gasteiger partial charge in [0.25, 0.3) is 0 Å². The fourth-order valence-electron chi connectivity index (χ4n) is 5.88. The van der Waals surface area contributed by atoms with Gasteiger partial charge in [-0.1, -0.05) is 78.9 Å². The molecule has 3 aromatic carbocycles. The molecule has 1 unspecified atom stereocenters. The Kier molecular flexibility index (Phi) is 4.92. The normalized spacial score (nSPS) is 17.4. The molecule has 0 radical (unpaired) electrons. The van der Waals surface area contributed by atoms with Gasteiger partial charge in [0.1, 0.15) is 17.5 Å². The number of rotatable bonds is 3.